The zero-order valence-electron chi connectivity index (χ0n) is 7.94. The normalized spacial score (nSPS) is 13.2. The Hall–Kier alpha value is 0.190. The topological polar surface area (TPSA) is 58.9 Å². The quantitative estimate of drug-likeness (QED) is 0.513. The fourth-order valence-electron chi connectivity index (χ4n) is 0.634. The molecule has 4 nitrogen and oxygen atoms in total. The van der Waals surface area contributed by atoms with Gasteiger partial charge in [0.05, 0.1) is 32.5 Å². The Labute approximate surface area is 83.2 Å². The molecule has 0 aromatic rings. The van der Waals surface area contributed by atoms with E-state index in [1.807, 2.05) is 0 Å². The Morgan fingerprint density at radius 3 is 2.69 bits per heavy atom. The summed E-state index contributed by atoms with van der Waals surface area (Å²) in [7, 11) is 1.63. The van der Waals surface area contributed by atoms with Crippen molar-refractivity contribution < 1.29 is 19.7 Å². The highest BCUT2D eigenvalue weighted by Gasteiger charge is 2.00. The molecular formula is C8H18O4S. The van der Waals surface area contributed by atoms with Gasteiger partial charge in [-0.25, -0.2) is 0 Å². The van der Waals surface area contributed by atoms with Gasteiger partial charge in [0.15, 0.2) is 0 Å². The smallest absolute Gasteiger partial charge is 0.0861 e. The third-order valence-electron chi connectivity index (χ3n) is 1.32. The lowest BCUT2D eigenvalue weighted by atomic mass is 10.4. The number of rotatable bonds is 9. The van der Waals surface area contributed by atoms with Crippen LogP contribution >= 0.6 is 11.8 Å². The van der Waals surface area contributed by atoms with E-state index in [0.29, 0.717) is 25.6 Å². The number of ether oxygens (including phenoxy) is 2. The van der Waals surface area contributed by atoms with Crippen molar-refractivity contribution in [2.75, 3.05) is 45.0 Å². The van der Waals surface area contributed by atoms with Crippen molar-refractivity contribution >= 4 is 11.8 Å². The molecule has 1 atom stereocenters. The van der Waals surface area contributed by atoms with E-state index < -0.39 is 6.10 Å². The second-order valence-electron chi connectivity index (χ2n) is 2.52. The lowest BCUT2D eigenvalue weighted by Crippen LogP contribution is -2.15. The Bertz CT molecular complexity index is 102. The minimum atomic E-state index is -0.607. The van der Waals surface area contributed by atoms with E-state index >= 15 is 0 Å². The van der Waals surface area contributed by atoms with Gasteiger partial charge in [-0.3, -0.25) is 0 Å². The van der Waals surface area contributed by atoms with Gasteiger partial charge in [-0.1, -0.05) is 0 Å². The molecule has 0 aliphatic heterocycles. The summed E-state index contributed by atoms with van der Waals surface area (Å²) in [5.41, 5.74) is 0. The summed E-state index contributed by atoms with van der Waals surface area (Å²) in [6, 6.07) is 0. The molecule has 5 heteroatoms. The first kappa shape index (κ1) is 13.2. The average molecular weight is 210 g/mol. The monoisotopic (exact) mass is 210 g/mol. The van der Waals surface area contributed by atoms with E-state index in [9.17, 15) is 0 Å². The summed E-state index contributed by atoms with van der Waals surface area (Å²) in [6.45, 7) is 1.72. The summed E-state index contributed by atoms with van der Waals surface area (Å²) in [5.74, 6) is 1.39. The van der Waals surface area contributed by atoms with E-state index in [0.717, 1.165) is 5.75 Å². The van der Waals surface area contributed by atoms with E-state index in [2.05, 4.69) is 0 Å². The van der Waals surface area contributed by atoms with Gasteiger partial charge in [-0.05, 0) is 0 Å². The first-order valence-electron chi connectivity index (χ1n) is 4.24. The first-order chi connectivity index (χ1) is 6.31. The summed E-state index contributed by atoms with van der Waals surface area (Å²) in [4.78, 5) is 0. The molecule has 0 spiro atoms. The summed E-state index contributed by atoms with van der Waals surface area (Å²) in [6.07, 6.45) is -0.607. The van der Waals surface area contributed by atoms with Crippen molar-refractivity contribution in [2.24, 2.45) is 0 Å². The molecule has 0 radical (unpaired) electrons. The van der Waals surface area contributed by atoms with Crippen molar-refractivity contribution in [1.29, 1.82) is 0 Å². The van der Waals surface area contributed by atoms with Gasteiger partial charge >= 0.3 is 0 Å². The zero-order valence-corrected chi connectivity index (χ0v) is 8.76. The molecule has 2 N–H and O–H groups in total. The summed E-state index contributed by atoms with van der Waals surface area (Å²) >= 11 is 1.57. The Morgan fingerprint density at radius 2 is 2.08 bits per heavy atom. The molecule has 0 fully saturated rings. The highest BCUT2D eigenvalue weighted by Crippen LogP contribution is 2.01. The SMILES string of the molecule is COCCOCCSCC(O)CO. The number of aliphatic hydroxyl groups excluding tert-OH is 2. The number of methoxy groups -OCH3 is 1. The van der Waals surface area contributed by atoms with Gasteiger partial charge in [0, 0.05) is 18.6 Å². The maximum atomic E-state index is 8.97. The molecule has 0 rings (SSSR count). The Kier molecular flexibility index (Phi) is 10.4. The van der Waals surface area contributed by atoms with Crippen LogP contribution in [-0.2, 0) is 9.47 Å². The highest BCUT2D eigenvalue weighted by molar-refractivity contribution is 7.99. The van der Waals surface area contributed by atoms with E-state index in [1.54, 1.807) is 18.9 Å². The van der Waals surface area contributed by atoms with Crippen molar-refractivity contribution in [3.05, 3.63) is 0 Å². The van der Waals surface area contributed by atoms with E-state index in [1.165, 1.54) is 0 Å². The largest absolute Gasteiger partial charge is 0.394 e. The van der Waals surface area contributed by atoms with Crippen molar-refractivity contribution in [2.45, 2.75) is 6.10 Å². The number of hydrogen-bond donors (Lipinski definition) is 2. The molecule has 1 unspecified atom stereocenters. The van der Waals surface area contributed by atoms with Crippen molar-refractivity contribution in [3.8, 4) is 0 Å². The van der Waals surface area contributed by atoms with Crippen LogP contribution in [-0.4, -0.2) is 61.4 Å². The number of hydrogen-bond acceptors (Lipinski definition) is 5. The third-order valence-corrected chi connectivity index (χ3v) is 2.40. The van der Waals surface area contributed by atoms with Gasteiger partial charge in [0.25, 0.3) is 0 Å². The molecule has 0 aliphatic carbocycles. The third kappa shape index (κ3) is 10.1. The minimum absolute atomic E-state index is 0.169. The minimum Gasteiger partial charge on any atom is -0.394 e. The van der Waals surface area contributed by atoms with Gasteiger partial charge in [-0.15, -0.1) is 0 Å². The fraction of sp³-hybridized carbons (Fsp3) is 1.00. The standard InChI is InChI=1S/C8H18O4S/c1-11-2-3-12-4-5-13-7-8(10)6-9/h8-10H,2-7H2,1H3. The van der Waals surface area contributed by atoms with Crippen LogP contribution in [0.25, 0.3) is 0 Å². The van der Waals surface area contributed by atoms with Crippen LogP contribution in [0.1, 0.15) is 0 Å². The molecular weight excluding hydrogens is 192 g/mol. The number of thioether (sulfide) groups is 1. The predicted octanol–water partition coefficient (Wildman–Crippen LogP) is -0.264. The molecule has 0 amide bonds. The molecule has 0 heterocycles. The van der Waals surface area contributed by atoms with Gasteiger partial charge in [0.2, 0.25) is 0 Å². The highest BCUT2D eigenvalue weighted by atomic mass is 32.2. The average Bonchev–Trinajstić information content (AvgIpc) is 2.16. The molecule has 0 saturated carbocycles. The second kappa shape index (κ2) is 10.3. The zero-order chi connectivity index (χ0) is 9.94. The van der Waals surface area contributed by atoms with Crippen molar-refractivity contribution in [3.63, 3.8) is 0 Å². The molecule has 0 aliphatic rings. The van der Waals surface area contributed by atoms with Crippen LogP contribution in [0.4, 0.5) is 0 Å². The molecule has 0 aromatic heterocycles. The summed E-state index contributed by atoms with van der Waals surface area (Å²) in [5, 5.41) is 17.5. The van der Waals surface area contributed by atoms with Crippen LogP contribution in [0.5, 0.6) is 0 Å². The van der Waals surface area contributed by atoms with Crippen LogP contribution in [0, 0.1) is 0 Å². The molecule has 0 bridgehead atoms. The predicted molar refractivity (Wildman–Crippen MR) is 53.1 cm³/mol. The first-order valence-corrected chi connectivity index (χ1v) is 5.40. The number of aliphatic hydroxyl groups is 2. The van der Waals surface area contributed by atoms with Crippen LogP contribution in [0.3, 0.4) is 0 Å². The maximum Gasteiger partial charge on any atom is 0.0861 e. The second-order valence-corrected chi connectivity index (χ2v) is 3.67. The maximum absolute atomic E-state index is 8.97. The Morgan fingerprint density at radius 1 is 1.31 bits per heavy atom. The van der Waals surface area contributed by atoms with E-state index in [4.69, 9.17) is 19.7 Å². The van der Waals surface area contributed by atoms with Crippen LogP contribution in [0.2, 0.25) is 0 Å². The summed E-state index contributed by atoms with van der Waals surface area (Å²) < 4.78 is 10.00. The molecule has 13 heavy (non-hydrogen) atoms. The lowest BCUT2D eigenvalue weighted by molar-refractivity contribution is 0.0788. The lowest BCUT2D eigenvalue weighted by Gasteiger charge is -2.06. The molecule has 0 aromatic carbocycles. The van der Waals surface area contributed by atoms with E-state index in [-0.39, 0.29) is 6.61 Å². The Balaban J connectivity index is 2.91. The van der Waals surface area contributed by atoms with Crippen LogP contribution < -0.4 is 0 Å². The van der Waals surface area contributed by atoms with Gasteiger partial charge in [0.1, 0.15) is 0 Å². The fourth-order valence-corrected chi connectivity index (χ4v) is 1.41. The van der Waals surface area contributed by atoms with Crippen LogP contribution in [0.15, 0.2) is 0 Å². The molecule has 80 valence electrons. The molecule has 0 saturated heterocycles. The van der Waals surface area contributed by atoms with Gasteiger partial charge < -0.3 is 19.7 Å². The van der Waals surface area contributed by atoms with Crippen molar-refractivity contribution in [1.82, 2.24) is 0 Å². The van der Waals surface area contributed by atoms with Gasteiger partial charge in [-0.2, -0.15) is 11.8 Å².